The second-order valence-corrected chi connectivity index (χ2v) is 8.29. The molecule has 5 heteroatoms. The van der Waals surface area contributed by atoms with E-state index in [1.165, 1.54) is 6.92 Å². The van der Waals surface area contributed by atoms with E-state index in [-0.39, 0.29) is 6.10 Å². The highest BCUT2D eigenvalue weighted by Crippen LogP contribution is 2.27. The molecule has 35 heavy (non-hydrogen) atoms. The third-order valence-corrected chi connectivity index (χ3v) is 5.39. The van der Waals surface area contributed by atoms with E-state index in [1.807, 2.05) is 85.8 Å². The van der Waals surface area contributed by atoms with Gasteiger partial charge in [0.05, 0.1) is 12.7 Å². The van der Waals surface area contributed by atoms with Crippen molar-refractivity contribution in [3.8, 4) is 0 Å². The summed E-state index contributed by atoms with van der Waals surface area (Å²) in [5.74, 6) is -1.15. The van der Waals surface area contributed by atoms with Gasteiger partial charge in [-0.3, -0.25) is 4.79 Å². The Morgan fingerprint density at radius 2 is 1.29 bits per heavy atom. The molecule has 3 atom stereocenters. The van der Waals surface area contributed by atoms with E-state index in [1.54, 1.807) is 24.3 Å². The van der Waals surface area contributed by atoms with Gasteiger partial charge < -0.3 is 14.2 Å². The van der Waals surface area contributed by atoms with Gasteiger partial charge in [0.2, 0.25) is 6.10 Å². The molecule has 0 heterocycles. The Kier molecular flexibility index (Phi) is 10.3. The predicted octanol–water partition coefficient (Wildman–Crippen LogP) is 6.52. The molecule has 0 bridgehead atoms. The van der Waals surface area contributed by atoms with Crippen molar-refractivity contribution in [3.05, 3.63) is 120 Å². The lowest BCUT2D eigenvalue weighted by atomic mass is 10.1. The van der Waals surface area contributed by atoms with E-state index < -0.39 is 24.1 Å². The normalized spacial score (nSPS) is 13.7. The first-order valence-corrected chi connectivity index (χ1v) is 11.8. The number of hydrogen-bond acceptors (Lipinski definition) is 5. The summed E-state index contributed by atoms with van der Waals surface area (Å²) >= 11 is 0. The number of hydrogen-bond donors (Lipinski definition) is 0. The molecule has 0 spiro atoms. The molecule has 3 aromatic carbocycles. The maximum absolute atomic E-state index is 13.1. The number of carbonyl (C=O) groups excluding carboxylic acids is 2. The van der Waals surface area contributed by atoms with Crippen molar-refractivity contribution in [2.75, 3.05) is 0 Å². The molecule has 0 amide bonds. The summed E-state index contributed by atoms with van der Waals surface area (Å²) in [7, 11) is 0. The van der Waals surface area contributed by atoms with Crippen molar-refractivity contribution in [2.24, 2.45) is 0 Å². The first kappa shape index (κ1) is 25.9. The summed E-state index contributed by atoms with van der Waals surface area (Å²) in [4.78, 5) is 24.7. The molecular formula is C30H32O5. The summed E-state index contributed by atoms with van der Waals surface area (Å²) in [5.41, 5.74) is 2.58. The van der Waals surface area contributed by atoms with E-state index in [0.29, 0.717) is 18.6 Å². The minimum absolute atomic E-state index is 0.0515. The van der Waals surface area contributed by atoms with Crippen molar-refractivity contribution in [2.45, 2.75) is 51.6 Å². The fourth-order valence-electron chi connectivity index (χ4n) is 3.56. The van der Waals surface area contributed by atoms with Crippen LogP contribution in [-0.2, 0) is 30.4 Å². The minimum atomic E-state index is -1.12. The number of benzene rings is 3. The van der Waals surface area contributed by atoms with Crippen molar-refractivity contribution in [3.63, 3.8) is 0 Å². The Labute approximate surface area is 207 Å². The van der Waals surface area contributed by atoms with Gasteiger partial charge in [0.15, 0.2) is 0 Å². The second-order valence-electron chi connectivity index (χ2n) is 8.29. The molecule has 0 fully saturated rings. The van der Waals surface area contributed by atoms with Gasteiger partial charge in [0, 0.05) is 18.9 Å². The molecule has 0 radical (unpaired) electrons. The topological polar surface area (TPSA) is 61.8 Å². The Hall–Kier alpha value is -3.70. The smallest absolute Gasteiger partial charge is 0.352 e. The first-order valence-electron chi connectivity index (χ1n) is 11.8. The molecule has 3 rings (SSSR count). The number of carbonyl (C=O) groups is 2. The van der Waals surface area contributed by atoms with Gasteiger partial charge >= 0.3 is 11.9 Å². The van der Waals surface area contributed by atoms with Gasteiger partial charge in [0.25, 0.3) is 0 Å². The van der Waals surface area contributed by atoms with Crippen LogP contribution >= 0.6 is 0 Å². The van der Waals surface area contributed by atoms with E-state index in [2.05, 4.69) is 0 Å². The molecule has 0 aliphatic heterocycles. The van der Waals surface area contributed by atoms with Crippen LogP contribution in [0.3, 0.4) is 0 Å². The molecule has 5 nitrogen and oxygen atoms in total. The second kappa shape index (κ2) is 13.9. The number of rotatable bonds is 12. The monoisotopic (exact) mass is 472 g/mol. The lowest BCUT2D eigenvalue weighted by Gasteiger charge is -2.22. The van der Waals surface area contributed by atoms with E-state index >= 15 is 0 Å². The minimum Gasteiger partial charge on any atom is -0.454 e. The summed E-state index contributed by atoms with van der Waals surface area (Å²) in [6.45, 7) is 3.88. The highest BCUT2D eigenvalue weighted by Gasteiger charge is 2.28. The summed E-state index contributed by atoms with van der Waals surface area (Å²) in [5, 5.41) is 0. The highest BCUT2D eigenvalue weighted by molar-refractivity contribution is 5.80. The van der Waals surface area contributed by atoms with Crippen molar-refractivity contribution in [1.29, 1.82) is 0 Å². The third-order valence-electron chi connectivity index (χ3n) is 5.39. The molecular weight excluding hydrogens is 440 g/mol. The fraction of sp³-hybridized carbons (Fsp3) is 0.267. The zero-order valence-electron chi connectivity index (χ0n) is 20.2. The van der Waals surface area contributed by atoms with Crippen molar-refractivity contribution in [1.82, 2.24) is 0 Å². The summed E-state index contributed by atoms with van der Waals surface area (Å²) in [6.07, 6.45) is 3.69. The molecule has 0 N–H and O–H groups in total. The molecule has 182 valence electrons. The average Bonchev–Trinajstić information content (AvgIpc) is 2.89. The molecule has 3 aromatic rings. The van der Waals surface area contributed by atoms with Crippen LogP contribution in [0.25, 0.3) is 0 Å². The lowest BCUT2D eigenvalue weighted by molar-refractivity contribution is -0.171. The maximum Gasteiger partial charge on any atom is 0.352 e. The van der Waals surface area contributed by atoms with Gasteiger partial charge in [-0.05, 0) is 24.5 Å². The SMILES string of the molecule is CC(=O)O[C@H](C(=O)O[C@@H](C/C=C\C[C@@H](C)OCc1ccccc1)c1ccccc1)c1ccccc1. The standard InChI is InChI=1S/C30H32O5/c1-23(33-22-25-15-6-3-7-16-25)14-12-13-21-28(26-17-8-4-9-18-26)35-30(32)29(34-24(2)31)27-19-10-5-11-20-27/h3-13,15-20,23,28-29H,14,21-22H2,1-2H3/b13-12-/t23-,28+,29+/m1/s1. The molecule has 0 aliphatic rings. The van der Waals surface area contributed by atoms with Gasteiger partial charge in [-0.2, -0.15) is 0 Å². The average molecular weight is 473 g/mol. The summed E-state index contributed by atoms with van der Waals surface area (Å²) in [6, 6.07) is 28.5. The van der Waals surface area contributed by atoms with Crippen LogP contribution in [0, 0.1) is 0 Å². The van der Waals surface area contributed by atoms with Crippen LogP contribution < -0.4 is 0 Å². The van der Waals surface area contributed by atoms with E-state index in [4.69, 9.17) is 14.2 Å². The van der Waals surface area contributed by atoms with Gasteiger partial charge in [-0.25, -0.2) is 4.79 Å². The van der Waals surface area contributed by atoms with Crippen LogP contribution in [0.4, 0.5) is 0 Å². The van der Waals surface area contributed by atoms with Crippen LogP contribution in [0.5, 0.6) is 0 Å². The van der Waals surface area contributed by atoms with Gasteiger partial charge in [-0.15, -0.1) is 0 Å². The Balaban J connectivity index is 1.62. The zero-order valence-corrected chi connectivity index (χ0v) is 20.2. The van der Waals surface area contributed by atoms with E-state index in [9.17, 15) is 9.59 Å². The van der Waals surface area contributed by atoms with Crippen LogP contribution in [-0.4, -0.2) is 18.0 Å². The largest absolute Gasteiger partial charge is 0.454 e. The third kappa shape index (κ3) is 8.87. The van der Waals surface area contributed by atoms with E-state index in [0.717, 1.165) is 17.5 Å². The zero-order chi connectivity index (χ0) is 24.9. The molecule has 0 saturated heterocycles. The fourth-order valence-corrected chi connectivity index (χ4v) is 3.56. The van der Waals surface area contributed by atoms with Gasteiger partial charge in [0.1, 0.15) is 6.10 Å². The number of esters is 2. The van der Waals surface area contributed by atoms with Gasteiger partial charge in [-0.1, -0.05) is 103 Å². The van der Waals surface area contributed by atoms with Crippen molar-refractivity contribution >= 4 is 11.9 Å². The Bertz CT molecular complexity index is 1060. The molecule has 0 aliphatic carbocycles. The molecule has 0 aromatic heterocycles. The maximum atomic E-state index is 13.1. The van der Waals surface area contributed by atoms with Crippen LogP contribution in [0.2, 0.25) is 0 Å². The Morgan fingerprint density at radius 1 is 0.743 bits per heavy atom. The van der Waals surface area contributed by atoms with Crippen molar-refractivity contribution < 1.29 is 23.8 Å². The van der Waals surface area contributed by atoms with Crippen LogP contribution in [0.1, 0.15) is 55.6 Å². The molecule has 0 saturated carbocycles. The number of ether oxygens (including phenoxy) is 3. The predicted molar refractivity (Wildman–Crippen MR) is 135 cm³/mol. The Morgan fingerprint density at radius 3 is 1.89 bits per heavy atom. The summed E-state index contributed by atoms with van der Waals surface area (Å²) < 4.78 is 17.1. The molecule has 0 unspecified atom stereocenters. The quantitative estimate of drug-likeness (QED) is 0.222. The lowest BCUT2D eigenvalue weighted by Crippen LogP contribution is -2.23. The van der Waals surface area contributed by atoms with Crippen LogP contribution in [0.15, 0.2) is 103 Å². The first-order chi connectivity index (χ1) is 17.0. The highest BCUT2D eigenvalue weighted by atomic mass is 16.6.